The molecule has 1 fully saturated rings. The zero-order valence-electron chi connectivity index (χ0n) is 10.3. The molecule has 17 heavy (non-hydrogen) atoms. The van der Waals surface area contributed by atoms with Crippen LogP contribution in [0.5, 0.6) is 0 Å². The number of ether oxygens (including phenoxy) is 1. The van der Waals surface area contributed by atoms with Gasteiger partial charge < -0.3 is 10.1 Å². The molecule has 0 bridgehead atoms. The van der Waals surface area contributed by atoms with Crippen molar-refractivity contribution in [1.82, 2.24) is 15.1 Å². The van der Waals surface area contributed by atoms with Crippen LogP contribution in [0.3, 0.4) is 0 Å². The highest BCUT2D eigenvalue weighted by Crippen LogP contribution is 2.11. The first-order valence-corrected chi connectivity index (χ1v) is 6.08. The third kappa shape index (κ3) is 3.06. The molecule has 5 nitrogen and oxygen atoms in total. The third-order valence-electron chi connectivity index (χ3n) is 3.05. The Bertz CT molecular complexity index is 383. The van der Waals surface area contributed by atoms with Gasteiger partial charge in [0.15, 0.2) is 0 Å². The van der Waals surface area contributed by atoms with Gasteiger partial charge in [0.05, 0.1) is 11.8 Å². The molecule has 0 aliphatic carbocycles. The van der Waals surface area contributed by atoms with Crippen molar-refractivity contribution < 1.29 is 9.53 Å². The van der Waals surface area contributed by atoms with E-state index in [9.17, 15) is 4.79 Å². The summed E-state index contributed by atoms with van der Waals surface area (Å²) in [6.07, 6.45) is 4.14. The third-order valence-corrected chi connectivity index (χ3v) is 3.05. The quantitative estimate of drug-likeness (QED) is 0.851. The second-order valence-corrected chi connectivity index (χ2v) is 4.49. The molecular formula is C12H19N3O2. The number of carbonyl (C=O) groups excluding carboxylic acids is 1. The van der Waals surface area contributed by atoms with Gasteiger partial charge in [0.2, 0.25) is 5.91 Å². The van der Waals surface area contributed by atoms with Crippen LogP contribution in [0.2, 0.25) is 0 Å². The fourth-order valence-electron chi connectivity index (χ4n) is 1.94. The van der Waals surface area contributed by atoms with Crippen molar-refractivity contribution in [2.45, 2.75) is 38.8 Å². The highest BCUT2D eigenvalue weighted by atomic mass is 16.5. The summed E-state index contributed by atoms with van der Waals surface area (Å²) in [5.41, 5.74) is 0.920. The van der Waals surface area contributed by atoms with Gasteiger partial charge in [-0.2, -0.15) is 5.10 Å². The molecule has 0 saturated carbocycles. The van der Waals surface area contributed by atoms with Gasteiger partial charge in [-0.1, -0.05) is 0 Å². The van der Waals surface area contributed by atoms with Crippen molar-refractivity contribution in [1.29, 1.82) is 0 Å². The van der Waals surface area contributed by atoms with E-state index in [-0.39, 0.29) is 18.1 Å². The van der Waals surface area contributed by atoms with E-state index in [4.69, 9.17) is 4.74 Å². The highest BCUT2D eigenvalue weighted by Gasteiger charge is 2.19. The molecule has 2 heterocycles. The second-order valence-electron chi connectivity index (χ2n) is 4.49. The Balaban J connectivity index is 1.82. The molecule has 94 valence electrons. The van der Waals surface area contributed by atoms with Crippen LogP contribution in [0, 0.1) is 6.92 Å². The number of hydrogen-bond acceptors (Lipinski definition) is 3. The van der Waals surface area contributed by atoms with E-state index in [2.05, 4.69) is 10.4 Å². The maximum Gasteiger partial charge on any atom is 0.244 e. The van der Waals surface area contributed by atoms with E-state index >= 15 is 0 Å². The maximum atomic E-state index is 11.9. The van der Waals surface area contributed by atoms with E-state index in [1.807, 2.05) is 26.1 Å². The SMILES string of the molecule is Cc1ccn(C(C)C(=O)NCC2CCCO2)n1. The van der Waals surface area contributed by atoms with Crippen molar-refractivity contribution in [2.75, 3.05) is 13.2 Å². The number of nitrogens with one attached hydrogen (secondary N) is 1. The molecule has 0 radical (unpaired) electrons. The van der Waals surface area contributed by atoms with Crippen LogP contribution in [0.4, 0.5) is 0 Å². The summed E-state index contributed by atoms with van der Waals surface area (Å²) in [4.78, 5) is 11.9. The minimum Gasteiger partial charge on any atom is -0.376 e. The van der Waals surface area contributed by atoms with Crippen molar-refractivity contribution in [3.05, 3.63) is 18.0 Å². The zero-order chi connectivity index (χ0) is 12.3. The average molecular weight is 237 g/mol. The number of carbonyl (C=O) groups is 1. The first-order valence-electron chi connectivity index (χ1n) is 6.08. The number of nitrogens with zero attached hydrogens (tertiary/aromatic N) is 2. The van der Waals surface area contributed by atoms with E-state index in [1.54, 1.807) is 4.68 Å². The summed E-state index contributed by atoms with van der Waals surface area (Å²) in [6.45, 7) is 5.17. The Morgan fingerprint density at radius 3 is 3.18 bits per heavy atom. The summed E-state index contributed by atoms with van der Waals surface area (Å²) in [6, 6.07) is 1.62. The number of rotatable bonds is 4. The summed E-state index contributed by atoms with van der Waals surface area (Å²) >= 11 is 0. The topological polar surface area (TPSA) is 56.2 Å². The molecular weight excluding hydrogens is 218 g/mol. The number of amides is 1. The molecule has 0 aromatic carbocycles. The average Bonchev–Trinajstić information content (AvgIpc) is 2.95. The second kappa shape index (κ2) is 5.31. The van der Waals surface area contributed by atoms with Crippen LogP contribution in [-0.2, 0) is 9.53 Å². The Morgan fingerprint density at radius 1 is 1.76 bits per heavy atom. The summed E-state index contributed by atoms with van der Waals surface area (Å²) < 4.78 is 7.14. The van der Waals surface area contributed by atoms with E-state index in [0.717, 1.165) is 25.1 Å². The van der Waals surface area contributed by atoms with Gasteiger partial charge in [-0.25, -0.2) is 0 Å². The Hall–Kier alpha value is -1.36. The molecule has 2 atom stereocenters. The van der Waals surface area contributed by atoms with Gasteiger partial charge >= 0.3 is 0 Å². The van der Waals surface area contributed by atoms with Crippen molar-refractivity contribution >= 4 is 5.91 Å². The largest absolute Gasteiger partial charge is 0.376 e. The van der Waals surface area contributed by atoms with Gasteiger partial charge in [-0.05, 0) is 32.8 Å². The van der Waals surface area contributed by atoms with Gasteiger partial charge in [-0.3, -0.25) is 9.48 Å². The molecule has 1 amide bonds. The van der Waals surface area contributed by atoms with E-state index in [1.165, 1.54) is 0 Å². The fourth-order valence-corrected chi connectivity index (χ4v) is 1.94. The number of aryl methyl sites for hydroxylation is 1. The molecule has 2 unspecified atom stereocenters. The lowest BCUT2D eigenvalue weighted by molar-refractivity contribution is -0.124. The number of hydrogen-bond donors (Lipinski definition) is 1. The molecule has 1 N–H and O–H groups in total. The maximum absolute atomic E-state index is 11.9. The fraction of sp³-hybridized carbons (Fsp3) is 0.667. The molecule has 0 spiro atoms. The van der Waals surface area contributed by atoms with Crippen molar-refractivity contribution in [3.63, 3.8) is 0 Å². The lowest BCUT2D eigenvalue weighted by atomic mass is 10.2. The zero-order valence-corrected chi connectivity index (χ0v) is 10.3. The molecule has 1 aliphatic rings. The Kier molecular flexibility index (Phi) is 3.78. The smallest absolute Gasteiger partial charge is 0.244 e. The summed E-state index contributed by atoms with van der Waals surface area (Å²) in [5.74, 6) is -0.0106. The van der Waals surface area contributed by atoms with Gasteiger partial charge in [-0.15, -0.1) is 0 Å². The van der Waals surface area contributed by atoms with E-state index in [0.29, 0.717) is 6.54 Å². The summed E-state index contributed by atoms with van der Waals surface area (Å²) in [7, 11) is 0. The minimum atomic E-state index is -0.273. The molecule has 1 aromatic rings. The molecule has 1 saturated heterocycles. The predicted octanol–water partition coefficient (Wildman–Crippen LogP) is 1.05. The molecule has 1 aliphatic heterocycles. The number of aromatic nitrogens is 2. The van der Waals surface area contributed by atoms with Gasteiger partial charge in [0, 0.05) is 19.3 Å². The van der Waals surface area contributed by atoms with Crippen LogP contribution < -0.4 is 5.32 Å². The van der Waals surface area contributed by atoms with Gasteiger partial charge in [0.25, 0.3) is 0 Å². The normalized spacial score (nSPS) is 21.4. The lowest BCUT2D eigenvalue weighted by Crippen LogP contribution is -2.36. The highest BCUT2D eigenvalue weighted by molar-refractivity contribution is 5.79. The molecule has 5 heteroatoms. The van der Waals surface area contributed by atoms with Gasteiger partial charge in [0.1, 0.15) is 6.04 Å². The predicted molar refractivity (Wildman–Crippen MR) is 63.7 cm³/mol. The van der Waals surface area contributed by atoms with Crippen LogP contribution >= 0.6 is 0 Å². The summed E-state index contributed by atoms with van der Waals surface area (Å²) in [5, 5.41) is 7.14. The molecule has 1 aromatic heterocycles. The Morgan fingerprint density at radius 2 is 2.59 bits per heavy atom. The van der Waals surface area contributed by atoms with Crippen LogP contribution in [-0.4, -0.2) is 34.9 Å². The van der Waals surface area contributed by atoms with Crippen molar-refractivity contribution in [2.24, 2.45) is 0 Å². The first-order chi connectivity index (χ1) is 8.16. The Labute approximate surface area is 101 Å². The van der Waals surface area contributed by atoms with E-state index < -0.39 is 0 Å². The standard InChI is InChI=1S/C12H19N3O2/c1-9-5-6-15(14-9)10(2)12(16)13-8-11-4-3-7-17-11/h5-6,10-11H,3-4,7-8H2,1-2H3,(H,13,16). The van der Waals surface area contributed by atoms with Crippen LogP contribution in [0.1, 0.15) is 31.5 Å². The molecule has 2 rings (SSSR count). The first kappa shape index (κ1) is 12.1. The van der Waals surface area contributed by atoms with Crippen LogP contribution in [0.25, 0.3) is 0 Å². The monoisotopic (exact) mass is 237 g/mol. The lowest BCUT2D eigenvalue weighted by Gasteiger charge is -2.15. The van der Waals surface area contributed by atoms with Crippen molar-refractivity contribution in [3.8, 4) is 0 Å². The minimum absolute atomic E-state index is 0.0106. The van der Waals surface area contributed by atoms with Crippen LogP contribution in [0.15, 0.2) is 12.3 Å².